The minimum Gasteiger partial charge on any atom is -0.460 e. The molecular formula is C23H26FNO3S. The first-order chi connectivity index (χ1) is 14.2. The van der Waals surface area contributed by atoms with Crippen LogP contribution in [-0.2, 0) is 21.9 Å². The fourth-order valence-corrected chi connectivity index (χ4v) is 4.71. The Morgan fingerprint density at radius 1 is 1.10 bits per heavy atom. The summed E-state index contributed by atoms with van der Waals surface area (Å²) in [7, 11) is 0. The summed E-state index contributed by atoms with van der Waals surface area (Å²) in [6, 6.07) is 12.7. The van der Waals surface area contributed by atoms with Crippen LogP contribution in [0.5, 0.6) is 5.75 Å². The molecule has 0 saturated carbocycles. The third kappa shape index (κ3) is 5.11. The molecule has 0 aliphatic carbocycles. The van der Waals surface area contributed by atoms with Gasteiger partial charge in [0.25, 0.3) is 0 Å². The molecule has 0 bridgehead atoms. The van der Waals surface area contributed by atoms with E-state index < -0.39 is 6.29 Å². The molecule has 2 heterocycles. The number of benzene rings is 2. The standard InChI is InChI=1S/C23H26FNO3S/c24-20-12-18-14-27-23(17-8-4-3-5-9-17)28-22(18)19(13-20)15-29-16-21(26)25-10-6-1-2-7-11-25/h3-5,8-9,12-13,23H,1-2,6-7,10-11,14-16H2/t23-/m0/s1. The zero-order valence-corrected chi connectivity index (χ0v) is 17.3. The number of nitrogens with zero attached hydrogens (tertiary/aromatic N) is 1. The average molecular weight is 416 g/mol. The predicted molar refractivity (Wildman–Crippen MR) is 112 cm³/mol. The Morgan fingerprint density at radius 2 is 1.86 bits per heavy atom. The monoisotopic (exact) mass is 415 g/mol. The maximum Gasteiger partial charge on any atom is 0.232 e. The van der Waals surface area contributed by atoms with Crippen molar-refractivity contribution >= 4 is 17.7 Å². The van der Waals surface area contributed by atoms with Crippen LogP contribution in [0.15, 0.2) is 42.5 Å². The van der Waals surface area contributed by atoms with E-state index in [4.69, 9.17) is 9.47 Å². The summed E-state index contributed by atoms with van der Waals surface area (Å²) in [5, 5.41) is 0. The van der Waals surface area contributed by atoms with E-state index in [1.165, 1.54) is 36.7 Å². The van der Waals surface area contributed by atoms with Gasteiger partial charge in [0, 0.05) is 35.5 Å². The van der Waals surface area contributed by atoms with E-state index in [0.29, 0.717) is 29.4 Å². The number of rotatable bonds is 5. The van der Waals surface area contributed by atoms with Crippen LogP contribution in [0.4, 0.5) is 4.39 Å². The highest BCUT2D eigenvalue weighted by molar-refractivity contribution is 7.99. The molecule has 6 heteroatoms. The lowest BCUT2D eigenvalue weighted by Crippen LogP contribution is -2.33. The largest absolute Gasteiger partial charge is 0.460 e. The van der Waals surface area contributed by atoms with Gasteiger partial charge in [-0.3, -0.25) is 4.79 Å². The normalized spacial score (nSPS) is 19.2. The number of likely N-dealkylation sites (tertiary alicyclic amines) is 1. The van der Waals surface area contributed by atoms with Crippen molar-refractivity contribution in [2.75, 3.05) is 18.8 Å². The molecule has 4 rings (SSSR count). The summed E-state index contributed by atoms with van der Waals surface area (Å²) in [5.74, 6) is 1.49. The number of hydrogen-bond acceptors (Lipinski definition) is 4. The maximum absolute atomic E-state index is 14.1. The Kier molecular flexibility index (Phi) is 6.72. The Hall–Kier alpha value is -2.05. The van der Waals surface area contributed by atoms with Gasteiger partial charge < -0.3 is 14.4 Å². The van der Waals surface area contributed by atoms with E-state index in [1.807, 2.05) is 35.2 Å². The van der Waals surface area contributed by atoms with Crippen LogP contribution < -0.4 is 4.74 Å². The number of thioether (sulfide) groups is 1. The molecular weight excluding hydrogens is 389 g/mol. The van der Waals surface area contributed by atoms with Crippen LogP contribution in [0, 0.1) is 5.82 Å². The number of ether oxygens (including phenoxy) is 2. The molecule has 0 spiro atoms. The van der Waals surface area contributed by atoms with E-state index in [0.717, 1.165) is 37.1 Å². The number of carbonyl (C=O) groups excluding carboxylic acids is 1. The molecule has 0 aromatic heterocycles. The Labute approximate surface area is 175 Å². The highest BCUT2D eigenvalue weighted by Gasteiger charge is 2.25. The van der Waals surface area contributed by atoms with E-state index >= 15 is 0 Å². The van der Waals surface area contributed by atoms with E-state index in [-0.39, 0.29) is 11.7 Å². The van der Waals surface area contributed by atoms with Crippen molar-refractivity contribution < 1.29 is 18.7 Å². The Balaban J connectivity index is 1.41. The second kappa shape index (κ2) is 9.63. The Morgan fingerprint density at radius 3 is 2.62 bits per heavy atom. The lowest BCUT2D eigenvalue weighted by Gasteiger charge is -2.28. The first kappa shape index (κ1) is 20.2. The van der Waals surface area contributed by atoms with Gasteiger partial charge in [-0.2, -0.15) is 0 Å². The molecule has 0 radical (unpaired) electrons. The minimum absolute atomic E-state index is 0.175. The van der Waals surface area contributed by atoms with Gasteiger partial charge in [-0.15, -0.1) is 11.8 Å². The van der Waals surface area contributed by atoms with Gasteiger partial charge in [-0.05, 0) is 25.0 Å². The third-order valence-corrected chi connectivity index (χ3v) is 6.30. The second-order valence-electron chi connectivity index (χ2n) is 7.51. The molecule has 2 aliphatic rings. The molecule has 2 aromatic carbocycles. The number of carbonyl (C=O) groups is 1. The molecule has 1 amide bonds. The van der Waals surface area contributed by atoms with Gasteiger partial charge in [-0.1, -0.05) is 43.2 Å². The summed E-state index contributed by atoms with van der Waals surface area (Å²) >= 11 is 1.51. The summed E-state index contributed by atoms with van der Waals surface area (Å²) in [5.41, 5.74) is 2.42. The van der Waals surface area contributed by atoms with Gasteiger partial charge in [-0.25, -0.2) is 4.39 Å². The molecule has 1 saturated heterocycles. The molecule has 0 N–H and O–H groups in total. The summed E-state index contributed by atoms with van der Waals surface area (Å²) in [4.78, 5) is 14.5. The smallest absolute Gasteiger partial charge is 0.232 e. The van der Waals surface area contributed by atoms with Crippen LogP contribution >= 0.6 is 11.8 Å². The molecule has 29 heavy (non-hydrogen) atoms. The Bertz CT molecular complexity index is 838. The van der Waals surface area contributed by atoms with Gasteiger partial charge in [0.2, 0.25) is 12.2 Å². The molecule has 2 aliphatic heterocycles. The molecule has 0 unspecified atom stereocenters. The lowest BCUT2D eigenvalue weighted by atomic mass is 10.1. The third-order valence-electron chi connectivity index (χ3n) is 5.34. The zero-order valence-electron chi connectivity index (χ0n) is 16.4. The van der Waals surface area contributed by atoms with Crippen LogP contribution in [0.3, 0.4) is 0 Å². The zero-order chi connectivity index (χ0) is 20.1. The quantitative estimate of drug-likeness (QED) is 0.684. The summed E-state index contributed by atoms with van der Waals surface area (Å²) in [6.07, 6.45) is 4.07. The van der Waals surface area contributed by atoms with Crippen molar-refractivity contribution in [2.45, 2.75) is 44.3 Å². The first-order valence-electron chi connectivity index (χ1n) is 10.2. The number of amides is 1. The van der Waals surface area contributed by atoms with Crippen LogP contribution in [0.2, 0.25) is 0 Å². The fraction of sp³-hybridized carbons (Fsp3) is 0.435. The van der Waals surface area contributed by atoms with Gasteiger partial charge >= 0.3 is 0 Å². The van der Waals surface area contributed by atoms with Crippen LogP contribution in [0.25, 0.3) is 0 Å². The van der Waals surface area contributed by atoms with Gasteiger partial charge in [0.15, 0.2) is 0 Å². The average Bonchev–Trinajstić information content (AvgIpc) is 3.03. The fourth-order valence-electron chi connectivity index (χ4n) is 3.82. The van der Waals surface area contributed by atoms with Crippen LogP contribution in [0.1, 0.15) is 48.7 Å². The van der Waals surface area contributed by atoms with Gasteiger partial charge in [0.1, 0.15) is 11.6 Å². The van der Waals surface area contributed by atoms with Crippen molar-refractivity contribution in [3.63, 3.8) is 0 Å². The van der Waals surface area contributed by atoms with Crippen molar-refractivity contribution in [1.82, 2.24) is 4.90 Å². The second-order valence-corrected chi connectivity index (χ2v) is 8.50. The number of hydrogen-bond donors (Lipinski definition) is 0. The maximum atomic E-state index is 14.1. The SMILES string of the molecule is O=C(CSCc1cc(F)cc2c1O[C@@H](c1ccccc1)OC2)N1CCCCCC1. The number of fused-ring (bicyclic) bond motifs is 1. The van der Waals surface area contributed by atoms with Crippen molar-refractivity contribution in [1.29, 1.82) is 0 Å². The van der Waals surface area contributed by atoms with Crippen LogP contribution in [-0.4, -0.2) is 29.6 Å². The van der Waals surface area contributed by atoms with Crippen molar-refractivity contribution in [2.24, 2.45) is 0 Å². The molecule has 1 atom stereocenters. The van der Waals surface area contributed by atoms with E-state index in [2.05, 4.69) is 0 Å². The first-order valence-corrected chi connectivity index (χ1v) is 11.4. The van der Waals surface area contributed by atoms with E-state index in [9.17, 15) is 9.18 Å². The predicted octanol–water partition coefficient (Wildman–Crippen LogP) is 5.07. The molecule has 1 fully saturated rings. The summed E-state index contributed by atoms with van der Waals surface area (Å²) in [6.45, 7) is 2.01. The molecule has 2 aromatic rings. The summed E-state index contributed by atoms with van der Waals surface area (Å²) < 4.78 is 26.0. The molecule has 154 valence electrons. The highest BCUT2D eigenvalue weighted by Crippen LogP contribution is 2.38. The highest BCUT2D eigenvalue weighted by atomic mass is 32.2. The van der Waals surface area contributed by atoms with E-state index in [1.54, 1.807) is 0 Å². The minimum atomic E-state index is -0.503. The van der Waals surface area contributed by atoms with Gasteiger partial charge in [0.05, 0.1) is 12.4 Å². The topological polar surface area (TPSA) is 38.8 Å². The lowest BCUT2D eigenvalue weighted by molar-refractivity contribution is -0.128. The number of halogens is 1. The van der Waals surface area contributed by atoms with Crippen molar-refractivity contribution in [3.05, 3.63) is 65.0 Å². The molecule has 4 nitrogen and oxygen atoms in total. The van der Waals surface area contributed by atoms with Crippen molar-refractivity contribution in [3.8, 4) is 5.75 Å².